The fraction of sp³-hybridized carbons (Fsp3) is 0.750. The minimum absolute atomic E-state index is 0. The van der Waals surface area contributed by atoms with Gasteiger partial charge in [-0.15, -0.1) is 0 Å². The molecule has 0 bridgehead atoms. The first-order valence-corrected chi connectivity index (χ1v) is 1.71. The Morgan fingerprint density at radius 3 is 1.67 bits per heavy atom. The fourth-order valence-corrected chi connectivity index (χ4v) is 0. The van der Waals surface area contributed by atoms with E-state index in [-0.39, 0.29) is 44.1 Å². The van der Waals surface area contributed by atoms with Gasteiger partial charge >= 0.3 is 38.6 Å². The molecule has 0 radical (unpaired) electrons. The average Bonchev–Trinajstić information content (AvgIpc) is 1.37. The van der Waals surface area contributed by atoms with E-state index in [9.17, 15) is 0 Å². The first-order valence-electron chi connectivity index (χ1n) is 1.71. The minimum Gasteiger partial charge on any atom is -2.00 e. The Morgan fingerprint density at radius 2 is 1.67 bits per heavy atom. The molecule has 1 nitrogen and oxygen atoms in total. The Morgan fingerprint density at radius 1 is 1.50 bits per heavy atom. The van der Waals surface area contributed by atoms with Crippen LogP contribution in [0.15, 0.2) is 0 Å². The Bertz CT molecular complexity index is 9.51. The third-order valence-electron chi connectivity index (χ3n) is 0.354. The van der Waals surface area contributed by atoms with Gasteiger partial charge in [0, 0.05) is 0 Å². The molecule has 6 heavy (non-hydrogen) atoms. The number of hydrogen-bond acceptors (Lipinski definition) is 0. The molecule has 0 heterocycles. The van der Waals surface area contributed by atoms with E-state index in [1.54, 1.807) is 0 Å². The van der Waals surface area contributed by atoms with E-state index in [0.29, 0.717) is 0 Å². The van der Waals surface area contributed by atoms with Crippen molar-refractivity contribution in [3.8, 4) is 0 Å². The van der Waals surface area contributed by atoms with Gasteiger partial charge in [-0.3, -0.25) is 0 Å². The molecule has 0 saturated heterocycles. The van der Waals surface area contributed by atoms with Gasteiger partial charge in [0.1, 0.15) is 0 Å². The van der Waals surface area contributed by atoms with Crippen molar-refractivity contribution < 1.29 is 44.1 Å². The first kappa shape index (κ1) is 15.7. The Kier molecular flexibility index (Phi) is 42.6. The molecule has 0 aromatic heterocycles. The zero-order chi connectivity index (χ0) is 3.41. The van der Waals surface area contributed by atoms with Crippen molar-refractivity contribution >= 4 is 0 Å². The molecular formula is C4H9OTb. The summed E-state index contributed by atoms with van der Waals surface area (Å²) in [5.74, 6) is 0. The summed E-state index contributed by atoms with van der Waals surface area (Å²) in [4.78, 5) is 0. The molecule has 0 rings (SSSR count). The predicted octanol–water partition coefficient (Wildman–Crippen LogP) is 1.50. The predicted molar refractivity (Wildman–Crippen MR) is 21.0 cm³/mol. The smallest absolute Gasteiger partial charge is 2.00 e. The van der Waals surface area contributed by atoms with Gasteiger partial charge in [-0.1, -0.05) is 13.3 Å². The van der Waals surface area contributed by atoms with Crippen molar-refractivity contribution in [3.63, 3.8) is 0 Å². The second kappa shape index (κ2) is 16.3. The van der Waals surface area contributed by atoms with Gasteiger partial charge in [0.15, 0.2) is 0 Å². The van der Waals surface area contributed by atoms with Crippen LogP contribution in [0, 0.1) is 45.5 Å². The quantitative estimate of drug-likeness (QED) is 0.613. The summed E-state index contributed by atoms with van der Waals surface area (Å²) in [6, 6.07) is 0. The van der Waals surface area contributed by atoms with E-state index in [2.05, 4.69) is 13.8 Å². The molecule has 40 valence electrons. The summed E-state index contributed by atoms with van der Waals surface area (Å²) >= 11 is 0. The maximum absolute atomic E-state index is 3.60. The van der Waals surface area contributed by atoms with E-state index in [4.69, 9.17) is 0 Å². The van der Waals surface area contributed by atoms with Crippen LogP contribution < -0.4 is 0 Å². The van der Waals surface area contributed by atoms with Crippen molar-refractivity contribution in [2.24, 2.45) is 0 Å². The van der Waals surface area contributed by atoms with Gasteiger partial charge in [0.2, 0.25) is 0 Å². The molecule has 0 atom stereocenters. The molecule has 0 aliphatic carbocycles. The second-order valence-electron chi connectivity index (χ2n) is 0.854. The van der Waals surface area contributed by atoms with Crippen LogP contribution in [-0.4, -0.2) is 0 Å². The largest absolute Gasteiger partial charge is 3.00 e. The van der Waals surface area contributed by atoms with Crippen molar-refractivity contribution in [3.05, 3.63) is 6.92 Å². The molecule has 0 spiro atoms. The fourth-order valence-electron chi connectivity index (χ4n) is 0. The van der Waals surface area contributed by atoms with E-state index in [0.717, 1.165) is 6.42 Å². The van der Waals surface area contributed by atoms with Gasteiger partial charge in [-0.25, -0.2) is 0 Å². The van der Waals surface area contributed by atoms with Crippen LogP contribution in [0.2, 0.25) is 0 Å². The van der Waals surface area contributed by atoms with Gasteiger partial charge < -0.3 is 12.4 Å². The average molecular weight is 232 g/mol. The first-order chi connectivity index (χ1) is 1.91. The molecule has 0 aromatic carbocycles. The van der Waals surface area contributed by atoms with Gasteiger partial charge in [-0.2, -0.15) is 6.42 Å². The summed E-state index contributed by atoms with van der Waals surface area (Å²) in [5.41, 5.74) is 0. The maximum Gasteiger partial charge on any atom is 3.00 e. The molecule has 0 aromatic rings. The van der Waals surface area contributed by atoms with Crippen LogP contribution in [0.25, 0.3) is 0 Å². The Hall–Kier alpha value is 1.25. The van der Waals surface area contributed by atoms with Crippen LogP contribution in [0.4, 0.5) is 0 Å². The van der Waals surface area contributed by atoms with E-state index >= 15 is 0 Å². The number of rotatable bonds is 1. The molecule has 0 saturated carbocycles. The molecule has 0 unspecified atom stereocenters. The van der Waals surface area contributed by atoms with Crippen LogP contribution in [-0.2, 0) is 5.48 Å². The molecule has 0 fully saturated rings. The molecule has 0 amide bonds. The van der Waals surface area contributed by atoms with Crippen molar-refractivity contribution in [2.75, 3.05) is 0 Å². The van der Waals surface area contributed by atoms with Crippen LogP contribution in [0.5, 0.6) is 0 Å². The third kappa shape index (κ3) is 18.7. The molecule has 0 aliphatic rings. The minimum atomic E-state index is 0. The zero-order valence-corrected chi connectivity index (χ0v) is 6.00. The zero-order valence-electron chi connectivity index (χ0n) is 3.86. The summed E-state index contributed by atoms with van der Waals surface area (Å²) < 4.78 is 0. The van der Waals surface area contributed by atoms with E-state index in [1.807, 2.05) is 0 Å². The van der Waals surface area contributed by atoms with Crippen molar-refractivity contribution in [1.82, 2.24) is 0 Å². The van der Waals surface area contributed by atoms with Crippen LogP contribution >= 0.6 is 0 Å². The molecule has 0 aliphatic heterocycles. The van der Waals surface area contributed by atoms with E-state index < -0.39 is 0 Å². The summed E-state index contributed by atoms with van der Waals surface area (Å²) in [5, 5.41) is 0. The summed E-state index contributed by atoms with van der Waals surface area (Å²) in [6.45, 7) is 5.72. The van der Waals surface area contributed by atoms with Crippen molar-refractivity contribution in [2.45, 2.75) is 19.8 Å². The van der Waals surface area contributed by atoms with Crippen LogP contribution in [0.1, 0.15) is 19.8 Å². The normalized spacial score (nSPS) is 5.00. The SMILES string of the molecule is [CH2-]CCC.[O-2].[Tb+3]. The number of unbranched alkanes of at least 4 members (excludes halogenated alkanes) is 1. The Labute approximate surface area is 70.3 Å². The number of hydrogen-bond donors (Lipinski definition) is 0. The maximum atomic E-state index is 3.60. The molecule has 0 N–H and O–H groups in total. The van der Waals surface area contributed by atoms with Gasteiger partial charge in [-0.05, 0) is 0 Å². The monoisotopic (exact) mass is 232 g/mol. The van der Waals surface area contributed by atoms with Gasteiger partial charge in [0.05, 0.1) is 0 Å². The topological polar surface area (TPSA) is 28.5 Å². The van der Waals surface area contributed by atoms with Crippen LogP contribution in [0.3, 0.4) is 0 Å². The third-order valence-corrected chi connectivity index (χ3v) is 0.354. The second-order valence-corrected chi connectivity index (χ2v) is 0.854. The molecular weight excluding hydrogens is 223 g/mol. The van der Waals surface area contributed by atoms with E-state index in [1.165, 1.54) is 6.42 Å². The van der Waals surface area contributed by atoms with Crippen molar-refractivity contribution in [1.29, 1.82) is 0 Å². The standard InChI is InChI=1S/C4H9.O.Tb/c1-3-4-2;;/h1,3-4H2,2H3;;/q-1;-2;+3. The summed E-state index contributed by atoms with van der Waals surface area (Å²) in [6.07, 6.45) is 2.28. The van der Waals surface area contributed by atoms with Gasteiger partial charge in [0.25, 0.3) is 0 Å². The molecule has 2 heteroatoms. The summed E-state index contributed by atoms with van der Waals surface area (Å²) in [7, 11) is 0. The Balaban J connectivity index is -0.0000000450.